The highest BCUT2D eigenvalue weighted by Gasteiger charge is 2.29. The average Bonchev–Trinajstić information content (AvgIpc) is 3.44. The highest BCUT2D eigenvalue weighted by molar-refractivity contribution is 7.13. The lowest BCUT2D eigenvalue weighted by molar-refractivity contribution is 0.0184. The topological polar surface area (TPSA) is 118 Å². The Hall–Kier alpha value is -3.27. The van der Waals surface area contributed by atoms with E-state index < -0.39 is 24.3 Å². The summed E-state index contributed by atoms with van der Waals surface area (Å²) >= 11 is 0.911. The van der Waals surface area contributed by atoms with Crippen molar-refractivity contribution in [3.63, 3.8) is 0 Å². The van der Waals surface area contributed by atoms with Gasteiger partial charge in [-0.1, -0.05) is 48.5 Å². The van der Waals surface area contributed by atoms with Crippen LogP contribution in [0, 0.1) is 0 Å². The van der Waals surface area contributed by atoms with Crippen LogP contribution in [0.3, 0.4) is 0 Å². The van der Waals surface area contributed by atoms with E-state index in [1.807, 2.05) is 36.4 Å². The standard InChI is InChI=1S/C23H22N2O6S/c1-30-22(28)19-11-24-21(32-19)20(27)18(26)10-25-23(29)31-12-17-15-8-4-2-6-13(15)14-7-3-5-9-16(14)17/h2-9,11,17-18,20,26-27H,10,12H2,1H3,(H,25,29). The summed E-state index contributed by atoms with van der Waals surface area (Å²) in [6.45, 7) is -0.0988. The summed E-state index contributed by atoms with van der Waals surface area (Å²) in [5, 5.41) is 23.0. The van der Waals surface area contributed by atoms with E-state index in [1.54, 1.807) is 0 Å². The number of methoxy groups -OCH3 is 1. The first-order chi connectivity index (χ1) is 15.5. The molecule has 0 bridgehead atoms. The minimum Gasteiger partial charge on any atom is -0.465 e. The third kappa shape index (κ3) is 4.36. The molecule has 0 saturated heterocycles. The number of nitrogens with zero attached hydrogens (tertiary/aromatic N) is 1. The maximum atomic E-state index is 12.2. The zero-order valence-electron chi connectivity index (χ0n) is 17.2. The lowest BCUT2D eigenvalue weighted by Crippen LogP contribution is -2.36. The first kappa shape index (κ1) is 21.9. The summed E-state index contributed by atoms with van der Waals surface area (Å²) < 4.78 is 10.0. The number of rotatable bonds is 7. The number of aliphatic hydroxyl groups excluding tert-OH is 2. The van der Waals surface area contributed by atoms with Crippen LogP contribution in [-0.4, -0.2) is 53.6 Å². The van der Waals surface area contributed by atoms with Crippen molar-refractivity contribution in [1.29, 1.82) is 0 Å². The first-order valence-corrected chi connectivity index (χ1v) is 10.8. The molecule has 0 spiro atoms. The fourth-order valence-corrected chi connectivity index (χ4v) is 4.61. The second kappa shape index (κ2) is 9.47. The number of hydrogen-bond acceptors (Lipinski definition) is 8. The average molecular weight is 455 g/mol. The van der Waals surface area contributed by atoms with Crippen molar-refractivity contribution in [3.05, 3.63) is 75.7 Å². The molecular formula is C23H22N2O6S. The molecule has 1 aliphatic carbocycles. The van der Waals surface area contributed by atoms with E-state index in [9.17, 15) is 19.8 Å². The number of alkyl carbamates (subject to hydrolysis) is 1. The Bertz CT molecular complexity index is 1090. The molecule has 1 heterocycles. The van der Waals surface area contributed by atoms with Gasteiger partial charge in [0.15, 0.2) is 0 Å². The number of ether oxygens (including phenoxy) is 2. The number of thiazole rings is 1. The predicted octanol–water partition coefficient (Wildman–Crippen LogP) is 2.86. The molecule has 8 nitrogen and oxygen atoms in total. The smallest absolute Gasteiger partial charge is 0.407 e. The van der Waals surface area contributed by atoms with E-state index in [0.29, 0.717) is 0 Å². The number of esters is 1. The van der Waals surface area contributed by atoms with Crippen molar-refractivity contribution < 1.29 is 29.3 Å². The van der Waals surface area contributed by atoms with Crippen LogP contribution in [0.25, 0.3) is 11.1 Å². The molecule has 2 aromatic carbocycles. The number of amides is 1. The SMILES string of the molecule is COC(=O)c1cnc(C(O)C(O)CNC(=O)OCC2c3ccccc3-c3ccccc32)s1. The molecule has 9 heteroatoms. The van der Waals surface area contributed by atoms with Crippen LogP contribution in [-0.2, 0) is 9.47 Å². The Morgan fingerprint density at radius 1 is 1.09 bits per heavy atom. The molecule has 1 amide bonds. The van der Waals surface area contributed by atoms with Gasteiger partial charge in [0, 0.05) is 12.5 Å². The predicted molar refractivity (Wildman–Crippen MR) is 117 cm³/mol. The zero-order valence-corrected chi connectivity index (χ0v) is 18.0. The molecule has 0 saturated carbocycles. The van der Waals surface area contributed by atoms with Crippen LogP contribution in [0.1, 0.15) is 37.8 Å². The Balaban J connectivity index is 1.32. The van der Waals surface area contributed by atoms with Crippen molar-refractivity contribution in [2.75, 3.05) is 20.3 Å². The fourth-order valence-electron chi connectivity index (χ4n) is 3.73. The maximum absolute atomic E-state index is 12.2. The molecule has 2 unspecified atom stereocenters. The number of aromatic nitrogens is 1. The fraction of sp³-hybridized carbons (Fsp3) is 0.261. The van der Waals surface area contributed by atoms with Crippen LogP contribution in [0.4, 0.5) is 4.79 Å². The number of nitrogens with one attached hydrogen (secondary N) is 1. The monoisotopic (exact) mass is 454 g/mol. The van der Waals surface area contributed by atoms with Crippen molar-refractivity contribution in [1.82, 2.24) is 10.3 Å². The van der Waals surface area contributed by atoms with Crippen LogP contribution in [0.5, 0.6) is 0 Å². The quantitative estimate of drug-likeness (QED) is 0.470. The summed E-state index contributed by atoms with van der Waals surface area (Å²) in [6.07, 6.45) is -2.13. The summed E-state index contributed by atoms with van der Waals surface area (Å²) in [5.74, 6) is -0.650. The number of aliphatic hydroxyl groups is 2. The molecule has 4 rings (SSSR count). The van der Waals surface area contributed by atoms with Crippen LogP contribution < -0.4 is 5.32 Å². The zero-order chi connectivity index (χ0) is 22.7. The molecular weight excluding hydrogens is 432 g/mol. The Morgan fingerprint density at radius 2 is 1.72 bits per heavy atom. The molecule has 3 aromatic rings. The Kier molecular flexibility index (Phi) is 6.50. The highest BCUT2D eigenvalue weighted by atomic mass is 32.1. The number of fused-ring (bicyclic) bond motifs is 3. The largest absolute Gasteiger partial charge is 0.465 e. The van der Waals surface area contributed by atoms with Crippen molar-refractivity contribution in [2.24, 2.45) is 0 Å². The van der Waals surface area contributed by atoms with E-state index >= 15 is 0 Å². The van der Waals surface area contributed by atoms with Gasteiger partial charge in [-0.2, -0.15) is 0 Å². The second-order valence-corrected chi connectivity index (χ2v) is 8.34. The minimum atomic E-state index is -1.37. The lowest BCUT2D eigenvalue weighted by atomic mass is 9.98. The minimum absolute atomic E-state index is 0.0734. The van der Waals surface area contributed by atoms with Gasteiger partial charge in [0.2, 0.25) is 0 Å². The summed E-state index contributed by atoms with van der Waals surface area (Å²) in [4.78, 5) is 27.9. The van der Waals surface area contributed by atoms with Gasteiger partial charge in [-0.3, -0.25) is 0 Å². The molecule has 2 atom stereocenters. The third-order valence-electron chi connectivity index (χ3n) is 5.33. The van der Waals surface area contributed by atoms with Gasteiger partial charge in [-0.15, -0.1) is 11.3 Å². The molecule has 0 radical (unpaired) electrons. The summed E-state index contributed by atoms with van der Waals surface area (Å²) in [6, 6.07) is 16.0. The van der Waals surface area contributed by atoms with Gasteiger partial charge in [-0.25, -0.2) is 14.6 Å². The molecule has 1 aromatic heterocycles. The molecule has 32 heavy (non-hydrogen) atoms. The number of hydrogen-bond donors (Lipinski definition) is 3. The van der Waals surface area contributed by atoms with Gasteiger partial charge >= 0.3 is 12.1 Å². The highest BCUT2D eigenvalue weighted by Crippen LogP contribution is 2.44. The number of carbonyl (C=O) groups excluding carboxylic acids is 2. The van der Waals surface area contributed by atoms with Gasteiger partial charge in [0.05, 0.1) is 13.3 Å². The number of benzene rings is 2. The third-order valence-corrected chi connectivity index (χ3v) is 6.37. The van der Waals surface area contributed by atoms with E-state index in [1.165, 1.54) is 13.3 Å². The van der Waals surface area contributed by atoms with Crippen molar-refractivity contribution >= 4 is 23.4 Å². The van der Waals surface area contributed by atoms with Gasteiger partial charge in [0.25, 0.3) is 0 Å². The first-order valence-electron chi connectivity index (χ1n) is 9.98. The van der Waals surface area contributed by atoms with Gasteiger partial charge in [-0.05, 0) is 22.3 Å². The van der Waals surface area contributed by atoms with Gasteiger partial charge < -0.3 is 25.0 Å². The van der Waals surface area contributed by atoms with Crippen molar-refractivity contribution in [2.45, 2.75) is 18.1 Å². The van der Waals surface area contributed by atoms with Crippen LogP contribution in [0.2, 0.25) is 0 Å². The molecule has 1 aliphatic rings. The maximum Gasteiger partial charge on any atom is 0.407 e. The Labute approximate surface area is 188 Å². The normalized spacial score (nSPS) is 14.2. The Morgan fingerprint density at radius 3 is 2.34 bits per heavy atom. The molecule has 0 aliphatic heterocycles. The van der Waals surface area contributed by atoms with E-state index in [2.05, 4.69) is 27.2 Å². The second-order valence-electron chi connectivity index (χ2n) is 7.27. The van der Waals surface area contributed by atoms with E-state index in [-0.39, 0.29) is 29.0 Å². The molecule has 0 fully saturated rings. The van der Waals surface area contributed by atoms with E-state index in [4.69, 9.17) is 4.74 Å². The van der Waals surface area contributed by atoms with Gasteiger partial charge in [0.1, 0.15) is 28.7 Å². The molecule has 3 N–H and O–H groups in total. The van der Waals surface area contributed by atoms with Crippen molar-refractivity contribution in [3.8, 4) is 11.1 Å². The summed E-state index contributed by atoms with van der Waals surface area (Å²) in [5.41, 5.74) is 4.46. The lowest BCUT2D eigenvalue weighted by Gasteiger charge is -2.18. The van der Waals surface area contributed by atoms with Crippen LogP contribution in [0.15, 0.2) is 54.7 Å². The summed E-state index contributed by atoms with van der Waals surface area (Å²) in [7, 11) is 1.24. The molecule has 166 valence electrons. The van der Waals surface area contributed by atoms with E-state index in [0.717, 1.165) is 33.6 Å². The number of carbonyl (C=O) groups is 2. The van der Waals surface area contributed by atoms with Crippen LogP contribution >= 0.6 is 11.3 Å².